The van der Waals surface area contributed by atoms with Crippen LogP contribution in [0.4, 0.5) is 0 Å². The van der Waals surface area contributed by atoms with E-state index in [1.165, 1.54) is 37.9 Å². The van der Waals surface area contributed by atoms with Crippen LogP contribution in [0.5, 0.6) is 0 Å². The fourth-order valence-electron chi connectivity index (χ4n) is 3.48. The average Bonchev–Trinajstić information content (AvgIpc) is 2.68. The van der Waals surface area contributed by atoms with E-state index >= 15 is 0 Å². The van der Waals surface area contributed by atoms with Crippen LogP contribution in [-0.4, -0.2) is 30.9 Å². The molecule has 25 heavy (non-hydrogen) atoms. The Balaban J connectivity index is 1.81. The summed E-state index contributed by atoms with van der Waals surface area (Å²) in [5, 5.41) is 3.10. The van der Waals surface area contributed by atoms with Crippen LogP contribution < -0.4 is 5.32 Å². The second-order valence-corrected chi connectivity index (χ2v) is 7.08. The summed E-state index contributed by atoms with van der Waals surface area (Å²) in [6, 6.07) is 14.7. The molecule has 1 saturated heterocycles. The normalized spacial score (nSPS) is 16.4. The van der Waals surface area contributed by atoms with Gasteiger partial charge >= 0.3 is 0 Å². The minimum Gasteiger partial charge on any atom is -0.355 e. The van der Waals surface area contributed by atoms with Crippen molar-refractivity contribution >= 4 is 17.5 Å². The van der Waals surface area contributed by atoms with E-state index in [0.29, 0.717) is 16.6 Å². The first kappa shape index (κ1) is 18.0. The van der Waals surface area contributed by atoms with Gasteiger partial charge in [0, 0.05) is 13.1 Å². The van der Waals surface area contributed by atoms with Crippen molar-refractivity contribution in [2.24, 2.45) is 0 Å². The molecule has 0 spiro atoms. The highest BCUT2D eigenvalue weighted by atomic mass is 35.5. The Hall–Kier alpha value is -1.84. The van der Waals surface area contributed by atoms with Gasteiger partial charge in [-0.1, -0.05) is 48.4 Å². The Morgan fingerprint density at radius 2 is 1.68 bits per heavy atom. The minimum atomic E-state index is -0.165. The molecule has 1 aliphatic heterocycles. The number of hydrogen-bond donors (Lipinski definition) is 1. The third-order valence-corrected chi connectivity index (χ3v) is 5.43. The number of hydrogen-bond acceptors (Lipinski definition) is 2. The molecule has 1 N–H and O–H groups in total. The molecule has 0 radical (unpaired) electrons. The van der Waals surface area contributed by atoms with Crippen molar-refractivity contribution in [2.45, 2.75) is 32.2 Å². The lowest BCUT2D eigenvalue weighted by molar-refractivity contribution is 0.0963. The molecule has 3 nitrogen and oxygen atoms in total. The lowest BCUT2D eigenvalue weighted by Crippen LogP contribution is -2.32. The summed E-state index contributed by atoms with van der Waals surface area (Å²) >= 11 is 6.14. The highest BCUT2D eigenvalue weighted by molar-refractivity contribution is 6.34. The zero-order valence-electron chi connectivity index (χ0n) is 14.9. The molecule has 132 valence electrons. The molecule has 1 heterocycles. The molecule has 3 rings (SSSR count). The van der Waals surface area contributed by atoms with Crippen LogP contribution >= 0.6 is 11.6 Å². The van der Waals surface area contributed by atoms with Gasteiger partial charge in [-0.25, -0.2) is 0 Å². The second-order valence-electron chi connectivity index (χ2n) is 6.67. The average molecular weight is 357 g/mol. The van der Waals surface area contributed by atoms with E-state index in [4.69, 9.17) is 11.6 Å². The zero-order chi connectivity index (χ0) is 17.8. The maximum atomic E-state index is 11.9. The van der Waals surface area contributed by atoms with Crippen molar-refractivity contribution in [1.82, 2.24) is 10.2 Å². The minimum absolute atomic E-state index is 0.165. The van der Waals surface area contributed by atoms with E-state index < -0.39 is 0 Å². The van der Waals surface area contributed by atoms with E-state index in [2.05, 4.69) is 41.4 Å². The van der Waals surface area contributed by atoms with Gasteiger partial charge < -0.3 is 5.32 Å². The standard InChI is InChI=1S/C21H25ClN2O/c1-15(24-12-4-3-5-13-24)16-6-8-17(9-7-16)18-10-11-20(22)19(14-18)21(25)23-2/h6-11,14-15H,3-5,12-13H2,1-2H3,(H,23,25). The molecule has 0 saturated carbocycles. The van der Waals surface area contributed by atoms with Gasteiger partial charge in [-0.05, 0) is 61.7 Å². The van der Waals surface area contributed by atoms with Crippen molar-refractivity contribution < 1.29 is 4.79 Å². The highest BCUT2D eigenvalue weighted by Gasteiger charge is 2.18. The molecule has 1 atom stereocenters. The van der Waals surface area contributed by atoms with Crippen LogP contribution in [-0.2, 0) is 0 Å². The van der Waals surface area contributed by atoms with E-state index in [1.807, 2.05) is 12.1 Å². The van der Waals surface area contributed by atoms with Crippen molar-refractivity contribution in [1.29, 1.82) is 0 Å². The summed E-state index contributed by atoms with van der Waals surface area (Å²) in [6.07, 6.45) is 3.96. The quantitative estimate of drug-likeness (QED) is 0.843. The van der Waals surface area contributed by atoms with Gasteiger partial charge in [0.15, 0.2) is 0 Å². The Morgan fingerprint density at radius 3 is 2.32 bits per heavy atom. The molecule has 1 unspecified atom stereocenters. The maximum absolute atomic E-state index is 11.9. The summed E-state index contributed by atoms with van der Waals surface area (Å²) in [7, 11) is 1.61. The third-order valence-electron chi connectivity index (χ3n) is 5.10. The first-order valence-electron chi connectivity index (χ1n) is 8.96. The molecule has 1 fully saturated rings. The van der Waals surface area contributed by atoms with Crippen LogP contribution in [0.1, 0.15) is 48.1 Å². The number of carbonyl (C=O) groups is 1. The second kappa shape index (κ2) is 8.03. The maximum Gasteiger partial charge on any atom is 0.252 e. The number of likely N-dealkylation sites (tertiary alicyclic amines) is 1. The van der Waals surface area contributed by atoms with E-state index in [-0.39, 0.29) is 5.91 Å². The first-order chi connectivity index (χ1) is 12.1. The fraction of sp³-hybridized carbons (Fsp3) is 0.381. The zero-order valence-corrected chi connectivity index (χ0v) is 15.6. The summed E-state index contributed by atoms with van der Waals surface area (Å²) in [5.41, 5.74) is 3.94. The predicted octanol–water partition coefficient (Wildman–Crippen LogP) is 4.91. The van der Waals surface area contributed by atoms with Crippen LogP contribution in [0.15, 0.2) is 42.5 Å². The van der Waals surface area contributed by atoms with Gasteiger partial charge in [-0.2, -0.15) is 0 Å². The number of benzene rings is 2. The Labute approximate surface area is 155 Å². The lowest BCUT2D eigenvalue weighted by Gasteiger charge is -2.32. The number of carbonyl (C=O) groups excluding carboxylic acids is 1. The van der Waals surface area contributed by atoms with Crippen molar-refractivity contribution in [2.75, 3.05) is 20.1 Å². The molecule has 0 aliphatic carbocycles. The topological polar surface area (TPSA) is 32.3 Å². The van der Waals surface area contributed by atoms with Gasteiger partial charge in [0.05, 0.1) is 10.6 Å². The summed E-state index contributed by atoms with van der Waals surface area (Å²) < 4.78 is 0. The number of nitrogens with zero attached hydrogens (tertiary/aromatic N) is 1. The lowest BCUT2D eigenvalue weighted by atomic mass is 9.98. The fourth-order valence-corrected chi connectivity index (χ4v) is 3.69. The molecule has 2 aromatic rings. The van der Waals surface area contributed by atoms with Gasteiger partial charge in [-0.15, -0.1) is 0 Å². The molecule has 4 heteroatoms. The van der Waals surface area contributed by atoms with Gasteiger partial charge in [0.25, 0.3) is 5.91 Å². The number of halogens is 1. The molecule has 1 aliphatic rings. The number of nitrogens with one attached hydrogen (secondary N) is 1. The molecular formula is C21H25ClN2O. The van der Waals surface area contributed by atoms with Gasteiger partial charge in [0.2, 0.25) is 0 Å². The molecule has 1 amide bonds. The smallest absolute Gasteiger partial charge is 0.252 e. The Morgan fingerprint density at radius 1 is 1.04 bits per heavy atom. The van der Waals surface area contributed by atoms with Crippen LogP contribution in [0.3, 0.4) is 0 Å². The largest absolute Gasteiger partial charge is 0.355 e. The van der Waals surface area contributed by atoms with E-state index in [0.717, 1.165) is 11.1 Å². The van der Waals surface area contributed by atoms with Gasteiger partial charge in [-0.3, -0.25) is 9.69 Å². The van der Waals surface area contributed by atoms with Crippen molar-refractivity contribution in [3.63, 3.8) is 0 Å². The number of rotatable bonds is 4. The first-order valence-corrected chi connectivity index (χ1v) is 9.34. The molecule has 0 bridgehead atoms. The Bertz CT molecular complexity index is 736. The predicted molar refractivity (Wildman–Crippen MR) is 104 cm³/mol. The van der Waals surface area contributed by atoms with Crippen LogP contribution in [0.25, 0.3) is 11.1 Å². The molecule has 2 aromatic carbocycles. The Kier molecular flexibility index (Phi) is 5.77. The summed E-state index contributed by atoms with van der Waals surface area (Å²) in [4.78, 5) is 14.5. The van der Waals surface area contributed by atoms with Crippen molar-refractivity contribution in [3.8, 4) is 11.1 Å². The SMILES string of the molecule is CNC(=O)c1cc(-c2ccc(C(C)N3CCCCC3)cc2)ccc1Cl. The van der Waals surface area contributed by atoms with E-state index in [1.54, 1.807) is 13.1 Å². The third kappa shape index (κ3) is 4.05. The summed E-state index contributed by atoms with van der Waals surface area (Å²) in [6.45, 7) is 4.66. The van der Waals surface area contributed by atoms with E-state index in [9.17, 15) is 4.79 Å². The summed E-state index contributed by atoms with van der Waals surface area (Å²) in [5.74, 6) is -0.165. The number of piperidine rings is 1. The van der Waals surface area contributed by atoms with Crippen LogP contribution in [0, 0.1) is 0 Å². The van der Waals surface area contributed by atoms with Gasteiger partial charge in [0.1, 0.15) is 0 Å². The molecule has 0 aromatic heterocycles. The highest BCUT2D eigenvalue weighted by Crippen LogP contribution is 2.29. The number of amides is 1. The monoisotopic (exact) mass is 356 g/mol. The van der Waals surface area contributed by atoms with Crippen molar-refractivity contribution in [3.05, 3.63) is 58.6 Å². The van der Waals surface area contributed by atoms with Crippen LogP contribution in [0.2, 0.25) is 5.02 Å². The molecular weight excluding hydrogens is 332 g/mol.